The van der Waals surface area contributed by atoms with Crippen LogP contribution in [0.3, 0.4) is 0 Å². The van der Waals surface area contributed by atoms with Gasteiger partial charge in [-0.2, -0.15) is 0 Å². The van der Waals surface area contributed by atoms with Crippen molar-refractivity contribution in [3.05, 3.63) is 18.0 Å². The van der Waals surface area contributed by atoms with Gasteiger partial charge in [-0.25, -0.2) is 9.97 Å². The molecule has 2 rings (SSSR count). The van der Waals surface area contributed by atoms with E-state index in [1.165, 1.54) is 12.8 Å². The van der Waals surface area contributed by atoms with Crippen LogP contribution in [0.5, 0.6) is 0 Å². The van der Waals surface area contributed by atoms with Gasteiger partial charge in [0, 0.05) is 44.7 Å². The Bertz CT molecular complexity index is 349. The maximum Gasteiger partial charge on any atom is 0.225 e. The minimum atomic E-state index is 0.323. The fourth-order valence-corrected chi connectivity index (χ4v) is 2.18. The molecule has 1 N–H and O–H groups in total. The maximum atomic E-state index is 5.73. The van der Waals surface area contributed by atoms with Crippen molar-refractivity contribution in [1.29, 1.82) is 0 Å². The molecule has 0 spiro atoms. The molecule has 1 atom stereocenters. The summed E-state index contributed by atoms with van der Waals surface area (Å²) in [7, 11) is 3.94. The molecule has 0 amide bonds. The van der Waals surface area contributed by atoms with Crippen molar-refractivity contribution in [3.63, 3.8) is 0 Å². The van der Waals surface area contributed by atoms with E-state index in [1.54, 1.807) is 0 Å². The number of hydrogen-bond acceptors (Lipinski definition) is 5. The summed E-state index contributed by atoms with van der Waals surface area (Å²) in [5.74, 6) is 0.768. The number of nitrogens with one attached hydrogen (secondary N) is 1. The summed E-state index contributed by atoms with van der Waals surface area (Å²) in [4.78, 5) is 10.8. The summed E-state index contributed by atoms with van der Waals surface area (Å²) in [6.07, 6.45) is 7.66. The van der Waals surface area contributed by atoms with Crippen molar-refractivity contribution in [2.75, 3.05) is 32.1 Å². The third kappa shape index (κ3) is 3.65. The van der Waals surface area contributed by atoms with E-state index in [4.69, 9.17) is 4.74 Å². The average molecular weight is 250 g/mol. The molecule has 0 radical (unpaired) electrons. The van der Waals surface area contributed by atoms with Crippen molar-refractivity contribution in [2.24, 2.45) is 0 Å². The van der Waals surface area contributed by atoms with Crippen LogP contribution in [0.2, 0.25) is 0 Å². The number of ether oxygens (including phenoxy) is 1. The first-order valence-electron chi connectivity index (χ1n) is 6.58. The van der Waals surface area contributed by atoms with Crippen LogP contribution in [0, 0.1) is 0 Å². The van der Waals surface area contributed by atoms with Crippen LogP contribution in [-0.4, -0.2) is 43.3 Å². The molecule has 5 heteroatoms. The van der Waals surface area contributed by atoms with E-state index in [9.17, 15) is 0 Å². The molecule has 0 bridgehead atoms. The van der Waals surface area contributed by atoms with Gasteiger partial charge in [0.05, 0.1) is 6.10 Å². The van der Waals surface area contributed by atoms with Crippen LogP contribution < -0.4 is 10.2 Å². The summed E-state index contributed by atoms with van der Waals surface area (Å²) in [6.45, 7) is 2.56. The largest absolute Gasteiger partial charge is 0.376 e. The normalized spacial score (nSPS) is 19.8. The minimum Gasteiger partial charge on any atom is -0.376 e. The molecule has 1 fully saturated rings. The first-order valence-corrected chi connectivity index (χ1v) is 6.58. The van der Waals surface area contributed by atoms with E-state index in [-0.39, 0.29) is 0 Å². The van der Waals surface area contributed by atoms with Crippen LogP contribution in [0.4, 0.5) is 5.95 Å². The van der Waals surface area contributed by atoms with E-state index in [1.807, 2.05) is 26.5 Å². The van der Waals surface area contributed by atoms with E-state index in [0.717, 1.165) is 37.6 Å². The molecule has 2 heterocycles. The second kappa shape index (κ2) is 6.66. The quantitative estimate of drug-likeness (QED) is 0.851. The summed E-state index contributed by atoms with van der Waals surface area (Å²) in [5, 5.41) is 3.08. The Labute approximate surface area is 109 Å². The number of hydrogen-bond donors (Lipinski definition) is 1. The molecule has 5 nitrogen and oxygen atoms in total. The highest BCUT2D eigenvalue weighted by Crippen LogP contribution is 2.15. The average Bonchev–Trinajstić information content (AvgIpc) is 2.41. The zero-order valence-electron chi connectivity index (χ0n) is 11.2. The number of aromatic nitrogens is 2. The van der Waals surface area contributed by atoms with Crippen molar-refractivity contribution in [3.8, 4) is 0 Å². The predicted molar refractivity (Wildman–Crippen MR) is 71.7 cm³/mol. The van der Waals surface area contributed by atoms with Crippen LogP contribution in [-0.2, 0) is 11.3 Å². The monoisotopic (exact) mass is 250 g/mol. The van der Waals surface area contributed by atoms with Crippen molar-refractivity contribution in [2.45, 2.75) is 31.9 Å². The number of rotatable bonds is 5. The van der Waals surface area contributed by atoms with Gasteiger partial charge < -0.3 is 15.0 Å². The lowest BCUT2D eigenvalue weighted by molar-refractivity contribution is 0.0214. The summed E-state index contributed by atoms with van der Waals surface area (Å²) < 4.78 is 5.73. The standard InChI is InChI=1S/C13H22N4O/c1-14-7-11-8-15-13(16-9-11)17(2)10-12-5-3-4-6-18-12/h8-9,12,14H,3-7,10H2,1-2H3. The highest BCUT2D eigenvalue weighted by Gasteiger charge is 2.17. The highest BCUT2D eigenvalue weighted by molar-refractivity contribution is 5.28. The molecule has 1 aromatic heterocycles. The number of likely N-dealkylation sites (N-methyl/N-ethyl adjacent to an activating group) is 1. The molecule has 100 valence electrons. The first kappa shape index (κ1) is 13.2. The summed E-state index contributed by atoms with van der Waals surface area (Å²) in [6, 6.07) is 0. The van der Waals surface area contributed by atoms with Crippen LogP contribution in [0.1, 0.15) is 24.8 Å². The molecule has 1 aromatic rings. The lowest BCUT2D eigenvalue weighted by Crippen LogP contribution is -2.34. The lowest BCUT2D eigenvalue weighted by Gasteiger charge is -2.27. The molecule has 0 aliphatic carbocycles. The SMILES string of the molecule is CNCc1cnc(N(C)CC2CCCCO2)nc1. The maximum absolute atomic E-state index is 5.73. The Hall–Kier alpha value is -1.20. The topological polar surface area (TPSA) is 50.3 Å². The molecule has 0 aromatic carbocycles. The second-order valence-electron chi connectivity index (χ2n) is 4.79. The molecule has 1 aliphatic rings. The molecule has 18 heavy (non-hydrogen) atoms. The zero-order valence-corrected chi connectivity index (χ0v) is 11.2. The molecule has 0 saturated carbocycles. The Balaban J connectivity index is 1.89. The second-order valence-corrected chi connectivity index (χ2v) is 4.79. The van der Waals surface area contributed by atoms with Gasteiger partial charge in [0.2, 0.25) is 5.95 Å². The third-order valence-electron chi connectivity index (χ3n) is 3.17. The van der Waals surface area contributed by atoms with Gasteiger partial charge in [0.1, 0.15) is 0 Å². The van der Waals surface area contributed by atoms with Gasteiger partial charge in [0.15, 0.2) is 0 Å². The zero-order chi connectivity index (χ0) is 12.8. The molecular weight excluding hydrogens is 228 g/mol. The molecule has 1 unspecified atom stereocenters. The van der Waals surface area contributed by atoms with E-state index < -0.39 is 0 Å². The predicted octanol–water partition coefficient (Wildman–Crippen LogP) is 1.20. The van der Waals surface area contributed by atoms with Crippen LogP contribution in [0.15, 0.2) is 12.4 Å². The minimum absolute atomic E-state index is 0.323. The number of nitrogens with zero attached hydrogens (tertiary/aromatic N) is 3. The number of anilines is 1. The first-order chi connectivity index (χ1) is 8.79. The summed E-state index contributed by atoms with van der Waals surface area (Å²) in [5.41, 5.74) is 1.10. The van der Waals surface area contributed by atoms with Gasteiger partial charge in [0.25, 0.3) is 0 Å². The highest BCUT2D eigenvalue weighted by atomic mass is 16.5. The van der Waals surface area contributed by atoms with Crippen molar-refractivity contribution >= 4 is 5.95 Å². The van der Waals surface area contributed by atoms with E-state index in [2.05, 4.69) is 20.2 Å². The fraction of sp³-hybridized carbons (Fsp3) is 0.692. The van der Waals surface area contributed by atoms with Gasteiger partial charge in [-0.15, -0.1) is 0 Å². The Kier molecular flexibility index (Phi) is 4.90. The van der Waals surface area contributed by atoms with Gasteiger partial charge in [-0.05, 0) is 26.3 Å². The van der Waals surface area contributed by atoms with Crippen molar-refractivity contribution in [1.82, 2.24) is 15.3 Å². The third-order valence-corrected chi connectivity index (χ3v) is 3.17. The van der Waals surface area contributed by atoms with E-state index >= 15 is 0 Å². The fourth-order valence-electron chi connectivity index (χ4n) is 2.18. The van der Waals surface area contributed by atoms with Gasteiger partial charge in [-0.3, -0.25) is 0 Å². The lowest BCUT2D eigenvalue weighted by atomic mass is 10.1. The molecule has 1 aliphatic heterocycles. The Morgan fingerprint density at radius 3 is 2.78 bits per heavy atom. The van der Waals surface area contributed by atoms with Crippen LogP contribution >= 0.6 is 0 Å². The van der Waals surface area contributed by atoms with Gasteiger partial charge in [-0.1, -0.05) is 0 Å². The van der Waals surface area contributed by atoms with Crippen molar-refractivity contribution < 1.29 is 4.74 Å². The Morgan fingerprint density at radius 2 is 2.17 bits per heavy atom. The van der Waals surface area contributed by atoms with Crippen LogP contribution in [0.25, 0.3) is 0 Å². The van der Waals surface area contributed by atoms with E-state index in [0.29, 0.717) is 6.10 Å². The van der Waals surface area contributed by atoms with Gasteiger partial charge >= 0.3 is 0 Å². The molecule has 1 saturated heterocycles. The smallest absolute Gasteiger partial charge is 0.225 e. The molecular formula is C13H22N4O. The Morgan fingerprint density at radius 1 is 1.39 bits per heavy atom. The summed E-state index contributed by atoms with van der Waals surface area (Å²) >= 11 is 0.